The van der Waals surface area contributed by atoms with Gasteiger partial charge in [-0.05, 0) is 48.7 Å². The molecule has 7 nitrogen and oxygen atoms in total. The summed E-state index contributed by atoms with van der Waals surface area (Å²) in [5.74, 6) is -0.309. The molecule has 4 aromatic rings. The molecule has 0 aliphatic heterocycles. The highest BCUT2D eigenvalue weighted by atomic mass is 35.5. The summed E-state index contributed by atoms with van der Waals surface area (Å²) < 4.78 is 2.84. The zero-order chi connectivity index (χ0) is 22.1. The van der Waals surface area contributed by atoms with Crippen molar-refractivity contribution in [3.8, 4) is 5.69 Å². The van der Waals surface area contributed by atoms with Crippen molar-refractivity contribution in [2.75, 3.05) is 5.32 Å². The van der Waals surface area contributed by atoms with E-state index in [2.05, 4.69) is 15.5 Å². The monoisotopic (exact) mass is 435 g/mol. The molecule has 2 aromatic heterocycles. The molecule has 0 unspecified atom stereocenters. The highest BCUT2D eigenvalue weighted by molar-refractivity contribution is 6.30. The number of carbonyl (C=O) groups is 1. The molecular weight excluding hydrogens is 414 g/mol. The molecule has 4 rings (SSSR count). The van der Waals surface area contributed by atoms with Gasteiger partial charge in [0, 0.05) is 16.1 Å². The molecule has 158 valence electrons. The number of rotatable bonds is 5. The zero-order valence-electron chi connectivity index (χ0n) is 17.5. The molecule has 2 heterocycles. The van der Waals surface area contributed by atoms with Crippen LogP contribution in [0.3, 0.4) is 0 Å². The molecule has 1 amide bonds. The summed E-state index contributed by atoms with van der Waals surface area (Å²) in [5.41, 5.74) is 3.15. The van der Waals surface area contributed by atoms with E-state index >= 15 is 0 Å². The number of para-hydroxylation sites is 1. The lowest BCUT2D eigenvalue weighted by Gasteiger charge is -2.13. The van der Waals surface area contributed by atoms with Crippen LogP contribution in [0.2, 0.25) is 5.02 Å². The van der Waals surface area contributed by atoms with Crippen LogP contribution in [0.1, 0.15) is 31.0 Å². The molecule has 8 heteroatoms. The first kappa shape index (κ1) is 20.8. The summed E-state index contributed by atoms with van der Waals surface area (Å²) in [6.07, 6.45) is 1.67. The van der Waals surface area contributed by atoms with Crippen LogP contribution in [-0.2, 0) is 11.3 Å². The molecule has 0 bridgehead atoms. The molecule has 2 aromatic carbocycles. The van der Waals surface area contributed by atoms with Gasteiger partial charge in [-0.3, -0.25) is 9.59 Å². The van der Waals surface area contributed by atoms with E-state index in [1.165, 1.54) is 4.68 Å². The second-order valence-electron chi connectivity index (χ2n) is 7.66. The fraction of sp³-hybridized carbons (Fsp3) is 0.217. The first-order valence-corrected chi connectivity index (χ1v) is 10.3. The molecule has 0 radical (unpaired) electrons. The van der Waals surface area contributed by atoms with Crippen LogP contribution in [0, 0.1) is 6.92 Å². The minimum absolute atomic E-state index is 0.0446. The van der Waals surface area contributed by atoms with E-state index in [4.69, 9.17) is 11.6 Å². The van der Waals surface area contributed by atoms with Gasteiger partial charge in [-0.15, -0.1) is 0 Å². The van der Waals surface area contributed by atoms with Gasteiger partial charge in [-0.1, -0.05) is 43.6 Å². The van der Waals surface area contributed by atoms with Crippen LogP contribution in [0.15, 0.2) is 59.5 Å². The number of amides is 1. The Morgan fingerprint density at radius 2 is 1.84 bits per heavy atom. The standard InChI is InChI=1S/C23H22ClN5O2/c1-14(2)21-18-12-25-29(19-7-5-4-6-15(19)3)22(18)23(31)28(27-21)13-20(30)26-17-10-8-16(24)9-11-17/h4-12,14H,13H2,1-3H3,(H,26,30). The van der Waals surface area contributed by atoms with Gasteiger partial charge >= 0.3 is 0 Å². The van der Waals surface area contributed by atoms with Crippen molar-refractivity contribution in [1.29, 1.82) is 0 Å². The van der Waals surface area contributed by atoms with E-state index < -0.39 is 0 Å². The maximum atomic E-state index is 13.3. The van der Waals surface area contributed by atoms with Crippen molar-refractivity contribution in [2.45, 2.75) is 33.2 Å². The summed E-state index contributed by atoms with van der Waals surface area (Å²) in [7, 11) is 0. The second kappa shape index (κ2) is 8.35. The van der Waals surface area contributed by atoms with Crippen LogP contribution >= 0.6 is 11.6 Å². The number of fused-ring (bicyclic) bond motifs is 1. The lowest BCUT2D eigenvalue weighted by atomic mass is 10.1. The van der Waals surface area contributed by atoms with Crippen LogP contribution in [0.25, 0.3) is 16.6 Å². The fourth-order valence-electron chi connectivity index (χ4n) is 3.48. The Labute approximate surface area is 184 Å². The maximum absolute atomic E-state index is 13.3. The summed E-state index contributed by atoms with van der Waals surface area (Å²) in [4.78, 5) is 26.0. The molecule has 1 N–H and O–H groups in total. The van der Waals surface area contributed by atoms with Gasteiger partial charge in [0.15, 0.2) is 0 Å². The number of aromatic nitrogens is 4. The number of carbonyl (C=O) groups excluding carboxylic acids is 1. The first-order valence-electron chi connectivity index (χ1n) is 9.95. The van der Waals surface area contributed by atoms with Gasteiger partial charge in [-0.2, -0.15) is 10.2 Å². The number of hydrogen-bond donors (Lipinski definition) is 1. The predicted octanol–water partition coefficient (Wildman–Crippen LogP) is 4.31. The van der Waals surface area contributed by atoms with E-state index in [1.807, 2.05) is 45.0 Å². The Morgan fingerprint density at radius 3 is 2.52 bits per heavy atom. The van der Waals surface area contributed by atoms with Crippen molar-refractivity contribution < 1.29 is 4.79 Å². The van der Waals surface area contributed by atoms with Gasteiger partial charge in [-0.25, -0.2) is 9.36 Å². The van der Waals surface area contributed by atoms with E-state index in [9.17, 15) is 9.59 Å². The van der Waals surface area contributed by atoms with Crippen LogP contribution in [0.5, 0.6) is 0 Å². The minimum atomic E-state index is -0.369. The predicted molar refractivity (Wildman–Crippen MR) is 122 cm³/mol. The number of nitrogens with one attached hydrogen (secondary N) is 1. The number of hydrogen-bond acceptors (Lipinski definition) is 4. The Kier molecular flexibility index (Phi) is 5.61. The van der Waals surface area contributed by atoms with Gasteiger partial charge in [0.2, 0.25) is 5.91 Å². The lowest BCUT2D eigenvalue weighted by molar-refractivity contribution is -0.117. The second-order valence-corrected chi connectivity index (χ2v) is 8.10. The highest BCUT2D eigenvalue weighted by Gasteiger charge is 2.20. The Balaban J connectivity index is 1.78. The minimum Gasteiger partial charge on any atom is -0.324 e. The SMILES string of the molecule is Cc1ccccc1-n1ncc2c(C(C)C)nn(CC(=O)Nc3ccc(Cl)cc3)c(=O)c21. The summed E-state index contributed by atoms with van der Waals surface area (Å²) in [6.45, 7) is 5.74. The quantitative estimate of drug-likeness (QED) is 0.506. The van der Waals surface area contributed by atoms with E-state index in [0.29, 0.717) is 27.3 Å². The van der Waals surface area contributed by atoms with Crippen LogP contribution in [0.4, 0.5) is 5.69 Å². The van der Waals surface area contributed by atoms with Gasteiger partial charge in [0.05, 0.1) is 17.6 Å². The third kappa shape index (κ3) is 4.09. The summed E-state index contributed by atoms with van der Waals surface area (Å²) in [5, 5.41) is 13.0. The fourth-order valence-corrected chi connectivity index (χ4v) is 3.61. The van der Waals surface area contributed by atoms with Crippen molar-refractivity contribution in [2.24, 2.45) is 0 Å². The average Bonchev–Trinajstić information content (AvgIpc) is 3.17. The summed E-state index contributed by atoms with van der Waals surface area (Å²) in [6, 6.07) is 14.5. The summed E-state index contributed by atoms with van der Waals surface area (Å²) >= 11 is 5.89. The van der Waals surface area contributed by atoms with Gasteiger partial charge in [0.25, 0.3) is 5.56 Å². The number of aryl methyl sites for hydroxylation is 1. The molecule has 0 aliphatic rings. The smallest absolute Gasteiger partial charge is 0.293 e. The Bertz CT molecular complexity index is 1320. The van der Waals surface area contributed by atoms with E-state index in [0.717, 1.165) is 11.3 Å². The third-order valence-corrected chi connectivity index (χ3v) is 5.27. The topological polar surface area (TPSA) is 81.8 Å². The first-order chi connectivity index (χ1) is 14.8. The number of nitrogens with zero attached hydrogens (tertiary/aromatic N) is 4. The van der Waals surface area contributed by atoms with Gasteiger partial charge in [0.1, 0.15) is 12.1 Å². The van der Waals surface area contributed by atoms with Gasteiger partial charge < -0.3 is 5.32 Å². The van der Waals surface area contributed by atoms with Crippen molar-refractivity contribution in [3.05, 3.63) is 81.4 Å². The molecule has 0 spiro atoms. The number of anilines is 1. The molecular formula is C23H22ClN5O2. The number of benzene rings is 2. The van der Waals surface area contributed by atoms with E-state index in [-0.39, 0.29) is 23.9 Å². The molecule has 0 saturated heterocycles. The Hall–Kier alpha value is -3.45. The normalized spacial score (nSPS) is 11.3. The average molecular weight is 436 g/mol. The largest absolute Gasteiger partial charge is 0.324 e. The molecule has 0 aliphatic carbocycles. The molecule has 0 saturated carbocycles. The van der Waals surface area contributed by atoms with E-state index in [1.54, 1.807) is 35.1 Å². The molecule has 31 heavy (non-hydrogen) atoms. The van der Waals surface area contributed by atoms with Crippen molar-refractivity contribution in [1.82, 2.24) is 19.6 Å². The maximum Gasteiger partial charge on any atom is 0.293 e. The van der Waals surface area contributed by atoms with Crippen LogP contribution < -0.4 is 10.9 Å². The van der Waals surface area contributed by atoms with Crippen molar-refractivity contribution in [3.63, 3.8) is 0 Å². The molecule has 0 fully saturated rings. The third-order valence-electron chi connectivity index (χ3n) is 5.02. The Morgan fingerprint density at radius 1 is 1.13 bits per heavy atom. The molecule has 0 atom stereocenters. The highest BCUT2D eigenvalue weighted by Crippen LogP contribution is 2.24. The van der Waals surface area contributed by atoms with Crippen LogP contribution in [-0.4, -0.2) is 25.5 Å². The lowest BCUT2D eigenvalue weighted by Crippen LogP contribution is -2.31. The zero-order valence-corrected chi connectivity index (χ0v) is 18.2. The van der Waals surface area contributed by atoms with Crippen molar-refractivity contribution >= 4 is 34.1 Å². The number of halogens is 1.